The fourth-order valence-electron chi connectivity index (χ4n) is 2.21. The molecule has 0 saturated carbocycles. The molecule has 2 rings (SSSR count). The Kier molecular flexibility index (Phi) is 2.33. The first kappa shape index (κ1) is 10.9. The van der Waals surface area contributed by atoms with Crippen LogP contribution < -0.4 is 5.56 Å². The van der Waals surface area contributed by atoms with E-state index < -0.39 is 6.04 Å². The molecule has 1 aliphatic rings. The maximum absolute atomic E-state index is 11.7. The third-order valence-corrected chi connectivity index (χ3v) is 2.97. The van der Waals surface area contributed by atoms with Crippen molar-refractivity contribution in [3.8, 4) is 0 Å². The van der Waals surface area contributed by atoms with Gasteiger partial charge in [0, 0.05) is 17.7 Å². The molecule has 86 valence electrons. The summed E-state index contributed by atoms with van der Waals surface area (Å²) in [6, 6.07) is 0.817. The molecule has 1 aliphatic heterocycles. The maximum atomic E-state index is 11.7. The number of aromatic nitrogens is 2. The Morgan fingerprint density at radius 1 is 1.62 bits per heavy atom. The third kappa shape index (κ3) is 1.43. The number of nitrogens with zero attached hydrogens (tertiary/aromatic N) is 2. The standard InChI is InChI=1S/C11H14N2O3/c1-11(2)6-7(9(15)16-3)13-8(14)4-5-12-10(11)13/h4-5,7H,6H2,1-3H3/t7-/m0/s1. The van der Waals surface area contributed by atoms with Gasteiger partial charge in [-0.1, -0.05) is 13.8 Å². The van der Waals surface area contributed by atoms with Crippen LogP contribution in [-0.4, -0.2) is 22.6 Å². The molecule has 5 heteroatoms. The Morgan fingerprint density at radius 2 is 2.31 bits per heavy atom. The van der Waals surface area contributed by atoms with E-state index in [9.17, 15) is 9.59 Å². The lowest BCUT2D eigenvalue weighted by molar-refractivity contribution is -0.144. The van der Waals surface area contributed by atoms with Crippen molar-refractivity contribution in [1.29, 1.82) is 0 Å². The van der Waals surface area contributed by atoms with Gasteiger partial charge in [0.2, 0.25) is 0 Å². The summed E-state index contributed by atoms with van der Waals surface area (Å²) in [5, 5.41) is 0. The molecule has 5 nitrogen and oxygen atoms in total. The van der Waals surface area contributed by atoms with Gasteiger partial charge >= 0.3 is 5.97 Å². The lowest BCUT2D eigenvalue weighted by Crippen LogP contribution is -2.28. The molecule has 1 aromatic rings. The number of ether oxygens (including phenoxy) is 1. The second kappa shape index (κ2) is 3.43. The third-order valence-electron chi connectivity index (χ3n) is 2.97. The zero-order chi connectivity index (χ0) is 11.9. The second-order valence-corrected chi connectivity index (χ2v) is 4.60. The van der Waals surface area contributed by atoms with Gasteiger partial charge in [-0.3, -0.25) is 9.36 Å². The fraction of sp³-hybridized carbons (Fsp3) is 0.545. The van der Waals surface area contributed by atoms with Crippen LogP contribution in [0.25, 0.3) is 0 Å². The average molecular weight is 222 g/mol. The number of hydrogen-bond acceptors (Lipinski definition) is 4. The summed E-state index contributed by atoms with van der Waals surface area (Å²) in [6.07, 6.45) is 2.03. The molecule has 0 fully saturated rings. The van der Waals surface area contributed by atoms with Crippen LogP contribution in [0.4, 0.5) is 0 Å². The largest absolute Gasteiger partial charge is 0.467 e. The molecule has 0 bridgehead atoms. The highest BCUT2D eigenvalue weighted by atomic mass is 16.5. The van der Waals surface area contributed by atoms with Gasteiger partial charge in [0.15, 0.2) is 0 Å². The van der Waals surface area contributed by atoms with Crippen molar-refractivity contribution in [3.05, 3.63) is 28.4 Å². The Balaban J connectivity index is 2.61. The fourth-order valence-corrected chi connectivity index (χ4v) is 2.21. The van der Waals surface area contributed by atoms with Crippen molar-refractivity contribution >= 4 is 5.97 Å². The van der Waals surface area contributed by atoms with Gasteiger partial charge < -0.3 is 4.74 Å². The zero-order valence-corrected chi connectivity index (χ0v) is 9.56. The molecule has 0 saturated heterocycles. The molecule has 0 aromatic carbocycles. The van der Waals surface area contributed by atoms with E-state index in [1.807, 2.05) is 13.8 Å². The molecule has 0 aliphatic carbocycles. The Hall–Kier alpha value is -1.65. The summed E-state index contributed by atoms with van der Waals surface area (Å²) in [5.41, 5.74) is -0.481. The van der Waals surface area contributed by atoms with E-state index in [2.05, 4.69) is 4.98 Å². The normalized spacial score (nSPS) is 21.6. The Morgan fingerprint density at radius 3 is 2.94 bits per heavy atom. The summed E-state index contributed by atoms with van der Waals surface area (Å²) >= 11 is 0. The quantitative estimate of drug-likeness (QED) is 0.654. The molecule has 1 aromatic heterocycles. The molecule has 1 atom stereocenters. The van der Waals surface area contributed by atoms with Crippen molar-refractivity contribution in [2.24, 2.45) is 0 Å². The summed E-state index contributed by atoms with van der Waals surface area (Å²) in [5.74, 6) is 0.261. The summed E-state index contributed by atoms with van der Waals surface area (Å²) in [4.78, 5) is 27.5. The van der Waals surface area contributed by atoms with Crippen molar-refractivity contribution in [1.82, 2.24) is 9.55 Å². The van der Waals surface area contributed by atoms with E-state index in [-0.39, 0.29) is 16.9 Å². The molecular formula is C11H14N2O3. The van der Waals surface area contributed by atoms with E-state index >= 15 is 0 Å². The van der Waals surface area contributed by atoms with Crippen LogP contribution in [0.3, 0.4) is 0 Å². The highest BCUT2D eigenvalue weighted by molar-refractivity contribution is 5.75. The topological polar surface area (TPSA) is 61.2 Å². The van der Waals surface area contributed by atoms with E-state index in [1.54, 1.807) is 0 Å². The minimum Gasteiger partial charge on any atom is -0.467 e. The van der Waals surface area contributed by atoms with Crippen molar-refractivity contribution in [3.63, 3.8) is 0 Å². The van der Waals surface area contributed by atoms with E-state index in [0.29, 0.717) is 12.2 Å². The van der Waals surface area contributed by atoms with Crippen LogP contribution in [-0.2, 0) is 14.9 Å². The van der Waals surface area contributed by atoms with Gasteiger partial charge in [0.25, 0.3) is 5.56 Å². The number of carbonyl (C=O) groups excluding carboxylic acids is 1. The minimum atomic E-state index is -0.545. The number of methoxy groups -OCH3 is 1. The van der Waals surface area contributed by atoms with Gasteiger partial charge in [-0.25, -0.2) is 9.78 Å². The Labute approximate surface area is 93.1 Å². The molecule has 0 amide bonds. The lowest BCUT2D eigenvalue weighted by Gasteiger charge is -2.15. The first-order valence-electron chi connectivity index (χ1n) is 5.13. The summed E-state index contributed by atoms with van der Waals surface area (Å²) in [6.45, 7) is 3.93. The lowest BCUT2D eigenvalue weighted by atomic mass is 9.89. The van der Waals surface area contributed by atoms with Crippen molar-refractivity contribution in [2.45, 2.75) is 31.7 Å². The van der Waals surface area contributed by atoms with Crippen LogP contribution in [0.15, 0.2) is 17.1 Å². The van der Waals surface area contributed by atoms with Gasteiger partial charge in [-0.05, 0) is 6.42 Å². The first-order valence-corrected chi connectivity index (χ1v) is 5.13. The van der Waals surface area contributed by atoms with Crippen molar-refractivity contribution < 1.29 is 9.53 Å². The maximum Gasteiger partial charge on any atom is 0.329 e. The smallest absolute Gasteiger partial charge is 0.329 e. The molecular weight excluding hydrogens is 208 g/mol. The van der Waals surface area contributed by atoms with Gasteiger partial charge in [-0.15, -0.1) is 0 Å². The molecule has 0 N–H and O–H groups in total. The number of carbonyl (C=O) groups is 1. The van der Waals surface area contributed by atoms with E-state index in [0.717, 1.165) is 0 Å². The number of rotatable bonds is 1. The van der Waals surface area contributed by atoms with Gasteiger partial charge in [0.05, 0.1) is 7.11 Å². The summed E-state index contributed by atoms with van der Waals surface area (Å²) in [7, 11) is 1.33. The monoisotopic (exact) mass is 222 g/mol. The molecule has 16 heavy (non-hydrogen) atoms. The van der Waals surface area contributed by atoms with E-state index in [4.69, 9.17) is 4.74 Å². The molecule has 0 spiro atoms. The molecule has 0 radical (unpaired) electrons. The van der Waals surface area contributed by atoms with Gasteiger partial charge in [0.1, 0.15) is 11.9 Å². The Bertz CT molecular complexity index is 490. The van der Waals surface area contributed by atoms with Crippen LogP contribution in [0.1, 0.15) is 32.1 Å². The molecule has 2 heterocycles. The SMILES string of the molecule is COC(=O)[C@@H]1CC(C)(C)c2nccc(=O)n21. The van der Waals surface area contributed by atoms with E-state index in [1.165, 1.54) is 23.9 Å². The number of fused-ring (bicyclic) bond motifs is 1. The zero-order valence-electron chi connectivity index (χ0n) is 9.56. The predicted octanol–water partition coefficient (Wildman–Crippen LogP) is 0.639. The van der Waals surface area contributed by atoms with Crippen LogP contribution in [0.2, 0.25) is 0 Å². The molecule has 0 unspecified atom stereocenters. The first-order chi connectivity index (χ1) is 7.47. The predicted molar refractivity (Wildman–Crippen MR) is 57.2 cm³/mol. The summed E-state index contributed by atoms with van der Waals surface area (Å²) < 4.78 is 6.15. The highest BCUT2D eigenvalue weighted by Gasteiger charge is 2.42. The van der Waals surface area contributed by atoms with Gasteiger partial charge in [-0.2, -0.15) is 0 Å². The second-order valence-electron chi connectivity index (χ2n) is 4.60. The van der Waals surface area contributed by atoms with Crippen molar-refractivity contribution in [2.75, 3.05) is 7.11 Å². The van der Waals surface area contributed by atoms with Crippen LogP contribution in [0, 0.1) is 0 Å². The van der Waals surface area contributed by atoms with Crippen LogP contribution in [0.5, 0.6) is 0 Å². The van der Waals surface area contributed by atoms with Crippen LogP contribution >= 0.6 is 0 Å². The highest BCUT2D eigenvalue weighted by Crippen LogP contribution is 2.38. The average Bonchev–Trinajstić information content (AvgIpc) is 2.52. The number of hydrogen-bond donors (Lipinski definition) is 0. The number of esters is 1. The minimum absolute atomic E-state index is 0.203.